The SMILES string of the molecule is CC(C)(C)OCc1c(Br)n(COCC[Si](C)(C)C)c2cnn(COCC[Si](C)(C)C)c(=O)c12. The van der Waals surface area contributed by atoms with Gasteiger partial charge < -0.3 is 18.8 Å². The largest absolute Gasteiger partial charge is 0.371 e. The van der Waals surface area contributed by atoms with E-state index in [2.05, 4.69) is 60.3 Å². The van der Waals surface area contributed by atoms with Crippen molar-refractivity contribution in [2.45, 2.75) is 97.8 Å². The summed E-state index contributed by atoms with van der Waals surface area (Å²) in [6.07, 6.45) is 1.73. The van der Waals surface area contributed by atoms with Crippen LogP contribution in [0.15, 0.2) is 15.6 Å². The first-order valence-electron chi connectivity index (χ1n) is 11.7. The Bertz CT molecular complexity index is 985. The van der Waals surface area contributed by atoms with Crippen molar-refractivity contribution in [1.29, 1.82) is 0 Å². The van der Waals surface area contributed by atoms with Gasteiger partial charge in [0.15, 0.2) is 0 Å². The van der Waals surface area contributed by atoms with E-state index in [0.717, 1.165) is 27.8 Å². The second-order valence-corrected chi connectivity index (χ2v) is 24.0. The zero-order valence-corrected chi connectivity index (χ0v) is 25.5. The number of rotatable bonds is 12. The third-order valence-electron chi connectivity index (χ3n) is 5.18. The fourth-order valence-electron chi connectivity index (χ4n) is 3.04. The molecule has 2 aromatic rings. The van der Waals surface area contributed by atoms with Crippen molar-refractivity contribution in [2.75, 3.05) is 13.2 Å². The van der Waals surface area contributed by atoms with Crippen molar-refractivity contribution in [1.82, 2.24) is 14.3 Å². The molecule has 0 aliphatic carbocycles. The second kappa shape index (κ2) is 11.3. The van der Waals surface area contributed by atoms with Crippen LogP contribution in [0.1, 0.15) is 26.3 Å². The predicted octanol–water partition coefficient (Wildman–Crippen LogP) is 5.90. The Kier molecular flexibility index (Phi) is 9.74. The highest BCUT2D eigenvalue weighted by Crippen LogP contribution is 2.30. The molecule has 188 valence electrons. The Morgan fingerprint density at radius 1 is 0.970 bits per heavy atom. The minimum atomic E-state index is -1.19. The maximum absolute atomic E-state index is 13.4. The van der Waals surface area contributed by atoms with Gasteiger partial charge in [-0.1, -0.05) is 39.3 Å². The monoisotopic (exact) mass is 559 g/mol. The summed E-state index contributed by atoms with van der Waals surface area (Å²) >= 11 is 3.71. The average Bonchev–Trinajstić information content (AvgIpc) is 2.92. The van der Waals surface area contributed by atoms with Crippen LogP contribution >= 0.6 is 15.9 Å². The van der Waals surface area contributed by atoms with Gasteiger partial charge >= 0.3 is 0 Å². The van der Waals surface area contributed by atoms with Crippen LogP contribution in [0.2, 0.25) is 51.4 Å². The van der Waals surface area contributed by atoms with E-state index in [1.54, 1.807) is 6.20 Å². The summed E-state index contributed by atoms with van der Waals surface area (Å²) in [5, 5.41) is 4.99. The molecule has 0 aliphatic heterocycles. The number of nitrogens with zero attached hydrogens (tertiary/aromatic N) is 3. The first-order chi connectivity index (χ1) is 15.1. The van der Waals surface area contributed by atoms with Gasteiger partial charge in [0.05, 0.1) is 33.9 Å². The molecule has 0 radical (unpaired) electrons. The molecule has 0 bridgehead atoms. The van der Waals surface area contributed by atoms with Gasteiger partial charge in [-0.15, -0.1) is 0 Å². The standard InChI is InChI=1S/C23H42BrN3O4Si2/c1-23(2,3)31-15-18-20-19(26(21(18)24)16-29-10-12-32(4,5)6)14-25-27(22(20)28)17-30-11-13-33(7,8)9/h14H,10-13,15-17H2,1-9H3. The fourth-order valence-corrected chi connectivity index (χ4v) is 5.16. The summed E-state index contributed by atoms with van der Waals surface area (Å²) in [4.78, 5) is 13.4. The lowest BCUT2D eigenvalue weighted by atomic mass is 10.2. The van der Waals surface area contributed by atoms with E-state index in [-0.39, 0.29) is 17.9 Å². The third-order valence-corrected chi connectivity index (χ3v) is 9.49. The number of aromatic nitrogens is 3. The summed E-state index contributed by atoms with van der Waals surface area (Å²) in [5.74, 6) is 0. The zero-order chi connectivity index (χ0) is 25.0. The van der Waals surface area contributed by atoms with Gasteiger partial charge in [0.2, 0.25) is 0 Å². The van der Waals surface area contributed by atoms with Crippen molar-refractivity contribution < 1.29 is 14.2 Å². The minimum Gasteiger partial charge on any atom is -0.371 e. The fraction of sp³-hybridized carbons (Fsp3) is 0.739. The van der Waals surface area contributed by atoms with Gasteiger partial charge in [-0.3, -0.25) is 4.79 Å². The Balaban J connectivity index is 2.33. The normalized spacial score (nSPS) is 13.3. The van der Waals surface area contributed by atoms with Gasteiger partial charge in [0, 0.05) is 34.9 Å². The van der Waals surface area contributed by atoms with Crippen LogP contribution in [0.4, 0.5) is 0 Å². The van der Waals surface area contributed by atoms with Gasteiger partial charge in [-0.25, -0.2) is 4.68 Å². The molecule has 0 saturated carbocycles. The molecule has 0 saturated heterocycles. The lowest BCUT2D eigenvalue weighted by Gasteiger charge is -2.19. The Labute approximate surface area is 208 Å². The number of ether oxygens (including phenoxy) is 3. The molecule has 0 aromatic carbocycles. The molecule has 0 atom stereocenters. The minimum absolute atomic E-state index is 0.147. The molecule has 0 amide bonds. The van der Waals surface area contributed by atoms with Crippen LogP contribution in [0.25, 0.3) is 10.9 Å². The van der Waals surface area contributed by atoms with E-state index in [1.807, 2.05) is 25.3 Å². The van der Waals surface area contributed by atoms with Gasteiger partial charge in [0.1, 0.15) is 13.5 Å². The molecule has 0 N–H and O–H groups in total. The Morgan fingerprint density at radius 2 is 1.52 bits per heavy atom. The first-order valence-corrected chi connectivity index (χ1v) is 19.9. The summed E-state index contributed by atoms with van der Waals surface area (Å²) in [5.41, 5.74) is 1.06. The highest BCUT2D eigenvalue weighted by Gasteiger charge is 2.23. The predicted molar refractivity (Wildman–Crippen MR) is 144 cm³/mol. The van der Waals surface area contributed by atoms with Crippen molar-refractivity contribution in [3.8, 4) is 0 Å². The summed E-state index contributed by atoms with van der Waals surface area (Å²) in [7, 11) is -2.37. The van der Waals surface area contributed by atoms with E-state index < -0.39 is 16.1 Å². The molecule has 0 unspecified atom stereocenters. The van der Waals surface area contributed by atoms with Gasteiger partial charge in [0.25, 0.3) is 5.56 Å². The Morgan fingerprint density at radius 3 is 2.03 bits per heavy atom. The van der Waals surface area contributed by atoms with E-state index in [0.29, 0.717) is 31.9 Å². The molecule has 0 aliphatic rings. The number of halogens is 1. The van der Waals surface area contributed by atoms with E-state index in [4.69, 9.17) is 14.2 Å². The van der Waals surface area contributed by atoms with Crippen molar-refractivity contribution in [3.63, 3.8) is 0 Å². The average molecular weight is 561 g/mol. The molecule has 10 heteroatoms. The van der Waals surface area contributed by atoms with Gasteiger partial charge in [-0.05, 0) is 48.8 Å². The molecule has 2 rings (SSSR count). The number of hydrogen-bond acceptors (Lipinski definition) is 5. The van der Waals surface area contributed by atoms with Crippen molar-refractivity contribution >= 4 is 43.0 Å². The van der Waals surface area contributed by atoms with Crippen molar-refractivity contribution in [3.05, 3.63) is 26.7 Å². The molecule has 2 heterocycles. The maximum atomic E-state index is 13.4. The van der Waals surface area contributed by atoms with Crippen LogP contribution in [0.3, 0.4) is 0 Å². The molecule has 2 aromatic heterocycles. The van der Waals surface area contributed by atoms with Crippen LogP contribution in [-0.4, -0.2) is 49.3 Å². The van der Waals surface area contributed by atoms with Gasteiger partial charge in [-0.2, -0.15) is 5.10 Å². The highest BCUT2D eigenvalue weighted by molar-refractivity contribution is 9.10. The topological polar surface area (TPSA) is 67.5 Å². The second-order valence-electron chi connectivity index (χ2n) is 12.0. The lowest BCUT2D eigenvalue weighted by molar-refractivity contribution is -0.0149. The van der Waals surface area contributed by atoms with E-state index in [9.17, 15) is 4.79 Å². The summed E-state index contributed by atoms with van der Waals surface area (Å²) in [6.45, 7) is 22.1. The summed E-state index contributed by atoms with van der Waals surface area (Å²) in [6, 6.07) is 2.13. The zero-order valence-electron chi connectivity index (χ0n) is 21.9. The molecular weight excluding hydrogens is 518 g/mol. The van der Waals surface area contributed by atoms with E-state index >= 15 is 0 Å². The number of hydrogen-bond donors (Lipinski definition) is 0. The molecule has 7 nitrogen and oxygen atoms in total. The maximum Gasteiger partial charge on any atom is 0.278 e. The van der Waals surface area contributed by atoms with Crippen LogP contribution in [0, 0.1) is 0 Å². The quantitative estimate of drug-likeness (QED) is 0.239. The van der Waals surface area contributed by atoms with Crippen LogP contribution < -0.4 is 5.56 Å². The smallest absolute Gasteiger partial charge is 0.278 e. The van der Waals surface area contributed by atoms with E-state index in [1.165, 1.54) is 4.68 Å². The first kappa shape index (κ1) is 28.5. The van der Waals surface area contributed by atoms with Crippen molar-refractivity contribution in [2.24, 2.45) is 0 Å². The molecule has 0 spiro atoms. The molecule has 33 heavy (non-hydrogen) atoms. The summed E-state index contributed by atoms with van der Waals surface area (Å²) < 4.78 is 22.0. The number of fused-ring (bicyclic) bond motifs is 1. The molecular formula is C23H42BrN3O4Si2. The Hall–Kier alpha value is -0.786. The molecule has 0 fully saturated rings. The lowest BCUT2D eigenvalue weighted by Crippen LogP contribution is -2.27. The van der Waals surface area contributed by atoms with Crippen LogP contribution in [0.5, 0.6) is 0 Å². The highest BCUT2D eigenvalue weighted by atomic mass is 79.9. The van der Waals surface area contributed by atoms with Crippen LogP contribution in [-0.2, 0) is 34.3 Å². The third kappa shape index (κ3) is 9.06.